The van der Waals surface area contributed by atoms with Gasteiger partial charge in [0.25, 0.3) is 0 Å². The molecule has 3 amide bonds. The number of carbonyl (C=O) groups is 3. The minimum Gasteiger partial charge on any atom is -0.325 e. The Hall–Kier alpha value is -2.68. The molecule has 102 valence electrons. The van der Waals surface area contributed by atoms with Gasteiger partial charge in [0.15, 0.2) is 0 Å². The lowest BCUT2D eigenvalue weighted by Gasteiger charge is -2.13. The lowest BCUT2D eigenvalue weighted by atomic mass is 10.1. The van der Waals surface area contributed by atoms with Gasteiger partial charge in [0.05, 0.1) is 12.5 Å². The molecule has 0 aromatic heterocycles. The summed E-state index contributed by atoms with van der Waals surface area (Å²) in [6.07, 6.45) is 0.662. The van der Waals surface area contributed by atoms with E-state index in [-0.39, 0.29) is 31.2 Å². The van der Waals surface area contributed by atoms with Crippen molar-refractivity contribution in [3.63, 3.8) is 0 Å². The topological polar surface area (TPSA) is 90.3 Å². The van der Waals surface area contributed by atoms with Crippen molar-refractivity contribution >= 4 is 23.4 Å². The Morgan fingerprint density at radius 3 is 2.35 bits per heavy atom. The molecule has 20 heavy (non-hydrogen) atoms. The Balaban J connectivity index is 1.93. The minimum absolute atomic E-state index is 0.176. The number of rotatable bonds is 4. The van der Waals surface area contributed by atoms with E-state index in [1.165, 1.54) is 0 Å². The maximum absolute atomic E-state index is 11.8. The van der Waals surface area contributed by atoms with E-state index in [4.69, 9.17) is 5.26 Å². The second-order valence-electron chi connectivity index (χ2n) is 4.45. The summed E-state index contributed by atoms with van der Waals surface area (Å²) in [5.41, 5.74) is 1.42. The van der Waals surface area contributed by atoms with Crippen LogP contribution in [0.1, 0.15) is 18.4 Å². The van der Waals surface area contributed by atoms with Gasteiger partial charge in [0.1, 0.15) is 6.54 Å². The number of carbonyl (C=O) groups excluding carboxylic acids is 3. The highest BCUT2D eigenvalue weighted by atomic mass is 16.2. The van der Waals surface area contributed by atoms with Crippen LogP contribution < -0.4 is 5.32 Å². The third-order valence-corrected chi connectivity index (χ3v) is 2.98. The van der Waals surface area contributed by atoms with E-state index < -0.39 is 5.91 Å². The van der Waals surface area contributed by atoms with Crippen molar-refractivity contribution in [3.05, 3.63) is 29.8 Å². The summed E-state index contributed by atoms with van der Waals surface area (Å²) in [4.78, 5) is 35.5. The minimum atomic E-state index is -0.415. The number of nitrogens with zero attached hydrogens (tertiary/aromatic N) is 2. The van der Waals surface area contributed by atoms with Gasteiger partial charge in [-0.05, 0) is 17.7 Å². The number of hydrogen-bond acceptors (Lipinski definition) is 4. The molecular formula is C14H13N3O3. The van der Waals surface area contributed by atoms with Crippen LogP contribution in [0.25, 0.3) is 0 Å². The summed E-state index contributed by atoms with van der Waals surface area (Å²) in [5.74, 6) is -1.04. The first-order valence-electron chi connectivity index (χ1n) is 6.19. The van der Waals surface area contributed by atoms with E-state index in [0.29, 0.717) is 12.1 Å². The van der Waals surface area contributed by atoms with Gasteiger partial charge < -0.3 is 5.32 Å². The summed E-state index contributed by atoms with van der Waals surface area (Å²) in [6.45, 7) is -0.252. The van der Waals surface area contributed by atoms with Gasteiger partial charge in [-0.1, -0.05) is 12.1 Å². The number of imide groups is 1. The first kappa shape index (κ1) is 13.7. The van der Waals surface area contributed by atoms with Gasteiger partial charge in [-0.3, -0.25) is 19.3 Å². The molecule has 1 aliphatic rings. The second kappa shape index (κ2) is 5.97. The molecule has 6 heteroatoms. The summed E-state index contributed by atoms with van der Waals surface area (Å²) in [6, 6.07) is 8.87. The lowest BCUT2D eigenvalue weighted by molar-refractivity contribution is -0.141. The number of nitriles is 1. The van der Waals surface area contributed by atoms with Gasteiger partial charge in [-0.15, -0.1) is 0 Å². The Labute approximate surface area is 116 Å². The Morgan fingerprint density at radius 1 is 1.20 bits per heavy atom. The number of amides is 3. The molecule has 1 fully saturated rings. The highest BCUT2D eigenvalue weighted by Gasteiger charge is 2.30. The predicted molar refractivity (Wildman–Crippen MR) is 70.3 cm³/mol. The quantitative estimate of drug-likeness (QED) is 0.821. The van der Waals surface area contributed by atoms with Crippen molar-refractivity contribution in [2.24, 2.45) is 0 Å². The first-order chi connectivity index (χ1) is 9.60. The molecule has 0 unspecified atom stereocenters. The van der Waals surface area contributed by atoms with E-state index in [0.717, 1.165) is 10.5 Å². The van der Waals surface area contributed by atoms with Crippen LogP contribution >= 0.6 is 0 Å². The van der Waals surface area contributed by atoms with Crippen molar-refractivity contribution in [1.29, 1.82) is 5.26 Å². The SMILES string of the molecule is N#CCc1ccc(NC(=O)CN2C(=O)CCC2=O)cc1. The molecule has 1 aliphatic heterocycles. The van der Waals surface area contributed by atoms with Gasteiger partial charge >= 0.3 is 0 Å². The molecule has 6 nitrogen and oxygen atoms in total. The smallest absolute Gasteiger partial charge is 0.244 e. The van der Waals surface area contributed by atoms with E-state index >= 15 is 0 Å². The molecule has 2 rings (SSSR count). The van der Waals surface area contributed by atoms with Crippen molar-refractivity contribution in [1.82, 2.24) is 4.90 Å². The third-order valence-electron chi connectivity index (χ3n) is 2.98. The van der Waals surface area contributed by atoms with Crippen molar-refractivity contribution < 1.29 is 14.4 Å². The zero-order chi connectivity index (χ0) is 14.5. The zero-order valence-corrected chi connectivity index (χ0v) is 10.8. The molecule has 1 saturated heterocycles. The van der Waals surface area contributed by atoms with Crippen molar-refractivity contribution in [2.75, 3.05) is 11.9 Å². The molecular weight excluding hydrogens is 258 g/mol. The Morgan fingerprint density at radius 2 is 1.80 bits per heavy atom. The van der Waals surface area contributed by atoms with Crippen LogP contribution in [-0.4, -0.2) is 29.2 Å². The number of likely N-dealkylation sites (tertiary alicyclic amines) is 1. The van der Waals surface area contributed by atoms with E-state index in [1.54, 1.807) is 24.3 Å². The van der Waals surface area contributed by atoms with Crippen LogP contribution in [0.2, 0.25) is 0 Å². The summed E-state index contributed by atoms with van der Waals surface area (Å²) < 4.78 is 0. The highest BCUT2D eigenvalue weighted by molar-refractivity contribution is 6.06. The summed E-state index contributed by atoms with van der Waals surface area (Å²) in [7, 11) is 0. The molecule has 0 aliphatic carbocycles. The maximum atomic E-state index is 11.8. The monoisotopic (exact) mass is 271 g/mol. The normalized spacial score (nSPS) is 14.2. The largest absolute Gasteiger partial charge is 0.325 e. The van der Waals surface area contributed by atoms with E-state index in [9.17, 15) is 14.4 Å². The molecule has 0 radical (unpaired) electrons. The van der Waals surface area contributed by atoms with Crippen LogP contribution in [-0.2, 0) is 20.8 Å². The number of benzene rings is 1. The second-order valence-corrected chi connectivity index (χ2v) is 4.45. The summed E-state index contributed by atoms with van der Waals surface area (Å²) in [5, 5.41) is 11.2. The fourth-order valence-corrected chi connectivity index (χ4v) is 1.94. The van der Waals surface area contributed by atoms with Crippen molar-refractivity contribution in [3.8, 4) is 6.07 Å². The fraction of sp³-hybridized carbons (Fsp3) is 0.286. The van der Waals surface area contributed by atoms with E-state index in [1.807, 2.05) is 6.07 Å². The van der Waals surface area contributed by atoms with Crippen LogP contribution in [0.5, 0.6) is 0 Å². The Kier molecular flexibility index (Phi) is 4.11. The molecule has 0 saturated carbocycles. The van der Waals surface area contributed by atoms with Crippen LogP contribution in [0.4, 0.5) is 5.69 Å². The summed E-state index contributed by atoms with van der Waals surface area (Å²) >= 11 is 0. The highest BCUT2D eigenvalue weighted by Crippen LogP contribution is 2.13. The van der Waals surface area contributed by atoms with Gasteiger partial charge in [0, 0.05) is 18.5 Å². The molecule has 0 atom stereocenters. The van der Waals surface area contributed by atoms with E-state index in [2.05, 4.69) is 5.32 Å². The van der Waals surface area contributed by atoms with Crippen LogP contribution in [0.3, 0.4) is 0 Å². The predicted octanol–water partition coefficient (Wildman–Crippen LogP) is 0.840. The average molecular weight is 271 g/mol. The standard InChI is InChI=1S/C14H13N3O3/c15-8-7-10-1-3-11(4-2-10)16-12(18)9-17-13(19)5-6-14(17)20/h1-4H,5-7,9H2,(H,16,18). The van der Waals surface area contributed by atoms with Crippen LogP contribution in [0.15, 0.2) is 24.3 Å². The molecule has 1 aromatic carbocycles. The third kappa shape index (κ3) is 3.20. The number of hydrogen-bond donors (Lipinski definition) is 1. The van der Waals surface area contributed by atoms with Gasteiger partial charge in [0.2, 0.25) is 17.7 Å². The average Bonchev–Trinajstić information content (AvgIpc) is 2.73. The van der Waals surface area contributed by atoms with Gasteiger partial charge in [-0.2, -0.15) is 5.26 Å². The molecule has 1 N–H and O–H groups in total. The van der Waals surface area contributed by atoms with Gasteiger partial charge in [-0.25, -0.2) is 0 Å². The fourth-order valence-electron chi connectivity index (χ4n) is 1.94. The van der Waals surface area contributed by atoms with Crippen molar-refractivity contribution in [2.45, 2.75) is 19.3 Å². The molecule has 1 aromatic rings. The maximum Gasteiger partial charge on any atom is 0.244 e. The Bertz CT molecular complexity index is 571. The molecule has 1 heterocycles. The lowest BCUT2D eigenvalue weighted by Crippen LogP contribution is -2.36. The first-order valence-corrected chi connectivity index (χ1v) is 6.19. The number of anilines is 1. The molecule has 0 spiro atoms. The molecule has 0 bridgehead atoms. The zero-order valence-electron chi connectivity index (χ0n) is 10.8. The van der Waals surface area contributed by atoms with Crippen LogP contribution in [0, 0.1) is 11.3 Å². The number of nitrogens with one attached hydrogen (secondary N) is 1.